The number of rotatable bonds is 3. The van der Waals surface area contributed by atoms with Gasteiger partial charge in [0.05, 0.1) is 10.6 Å². The second-order valence-electron chi connectivity index (χ2n) is 5.29. The number of ether oxygens (including phenoxy) is 1. The quantitative estimate of drug-likeness (QED) is 0.497. The van der Waals surface area contributed by atoms with Crippen LogP contribution in [0.15, 0.2) is 51.7 Å². The summed E-state index contributed by atoms with van der Waals surface area (Å²) in [5, 5.41) is 1.34. The monoisotopic (exact) mass is 362 g/mol. The van der Waals surface area contributed by atoms with Crippen molar-refractivity contribution in [1.82, 2.24) is 0 Å². The minimum absolute atomic E-state index is 0.0766. The Labute approximate surface area is 147 Å². The Morgan fingerprint density at radius 3 is 2.71 bits per heavy atom. The number of halogens is 2. The summed E-state index contributed by atoms with van der Waals surface area (Å²) in [7, 11) is 0. The van der Waals surface area contributed by atoms with Crippen molar-refractivity contribution < 1.29 is 13.9 Å². The van der Waals surface area contributed by atoms with Crippen molar-refractivity contribution in [3.05, 3.63) is 79.6 Å². The number of hydrogen-bond donors (Lipinski definition) is 0. The van der Waals surface area contributed by atoms with Crippen LogP contribution in [0.4, 0.5) is 0 Å². The maximum atomic E-state index is 12.2. The molecular weight excluding hydrogens is 351 g/mol. The van der Waals surface area contributed by atoms with Crippen molar-refractivity contribution in [2.45, 2.75) is 13.5 Å². The van der Waals surface area contributed by atoms with E-state index in [1.54, 1.807) is 12.1 Å². The van der Waals surface area contributed by atoms with E-state index in [9.17, 15) is 9.59 Å². The molecule has 0 unspecified atom stereocenters. The highest BCUT2D eigenvalue weighted by molar-refractivity contribution is 6.35. The van der Waals surface area contributed by atoms with Gasteiger partial charge in [-0.05, 0) is 36.8 Å². The van der Waals surface area contributed by atoms with Crippen LogP contribution in [0.25, 0.3) is 11.0 Å². The molecule has 0 aliphatic rings. The summed E-state index contributed by atoms with van der Waals surface area (Å²) in [6, 6.07) is 11.3. The molecule has 1 aromatic heterocycles. The lowest BCUT2D eigenvalue weighted by Crippen LogP contribution is -2.08. The van der Waals surface area contributed by atoms with Crippen LogP contribution in [-0.4, -0.2) is 5.97 Å². The van der Waals surface area contributed by atoms with Gasteiger partial charge in [-0.15, -0.1) is 0 Å². The molecule has 0 saturated heterocycles. The second kappa shape index (κ2) is 6.67. The number of aryl methyl sites for hydroxylation is 1. The average molecular weight is 363 g/mol. The fourth-order valence-corrected chi connectivity index (χ4v) is 2.70. The molecule has 3 aromatic rings. The lowest BCUT2D eigenvalue weighted by molar-refractivity contribution is 0.0474. The highest BCUT2D eigenvalue weighted by Crippen LogP contribution is 2.23. The molecule has 0 atom stereocenters. The van der Waals surface area contributed by atoms with E-state index >= 15 is 0 Å². The summed E-state index contributed by atoms with van der Waals surface area (Å²) in [4.78, 5) is 23.9. The molecule has 2 aromatic carbocycles. The van der Waals surface area contributed by atoms with E-state index in [4.69, 9.17) is 32.4 Å². The molecule has 3 rings (SSSR count). The standard InChI is InChI=1S/C18H12Cl2O4/c1-10-2-4-13-11(7-17(21)24-16(13)6-10)9-23-18(22)14-8-12(19)3-5-15(14)20/h2-8H,9H2,1H3. The van der Waals surface area contributed by atoms with Crippen LogP contribution < -0.4 is 5.63 Å². The van der Waals surface area contributed by atoms with Crippen molar-refractivity contribution in [3.8, 4) is 0 Å². The molecule has 6 heteroatoms. The third-order valence-electron chi connectivity index (χ3n) is 3.49. The summed E-state index contributed by atoms with van der Waals surface area (Å²) >= 11 is 11.9. The molecule has 0 fully saturated rings. The molecule has 122 valence electrons. The zero-order valence-electron chi connectivity index (χ0n) is 12.6. The van der Waals surface area contributed by atoms with Crippen molar-refractivity contribution in [3.63, 3.8) is 0 Å². The van der Waals surface area contributed by atoms with Gasteiger partial charge in [0.25, 0.3) is 0 Å². The summed E-state index contributed by atoms with van der Waals surface area (Å²) in [6.45, 7) is 1.82. The van der Waals surface area contributed by atoms with E-state index in [2.05, 4.69) is 0 Å². The van der Waals surface area contributed by atoms with Crippen LogP contribution in [0.3, 0.4) is 0 Å². The number of carbonyl (C=O) groups is 1. The molecule has 0 aliphatic heterocycles. The summed E-state index contributed by atoms with van der Waals surface area (Å²) in [5.74, 6) is -0.615. The van der Waals surface area contributed by atoms with Gasteiger partial charge in [0.15, 0.2) is 0 Å². The minimum Gasteiger partial charge on any atom is -0.457 e. The molecule has 0 saturated carbocycles. The van der Waals surface area contributed by atoms with Gasteiger partial charge in [0, 0.05) is 22.0 Å². The Morgan fingerprint density at radius 1 is 1.12 bits per heavy atom. The van der Waals surface area contributed by atoms with Crippen LogP contribution in [-0.2, 0) is 11.3 Å². The molecule has 4 nitrogen and oxygen atoms in total. The number of benzene rings is 2. The fraction of sp³-hybridized carbons (Fsp3) is 0.111. The zero-order valence-corrected chi connectivity index (χ0v) is 14.1. The molecular formula is C18H12Cl2O4. The summed E-state index contributed by atoms with van der Waals surface area (Å²) < 4.78 is 10.5. The average Bonchev–Trinajstić information content (AvgIpc) is 2.54. The van der Waals surface area contributed by atoms with Gasteiger partial charge in [-0.3, -0.25) is 0 Å². The van der Waals surface area contributed by atoms with E-state index in [0.717, 1.165) is 5.56 Å². The van der Waals surface area contributed by atoms with Gasteiger partial charge >= 0.3 is 11.6 Å². The third kappa shape index (κ3) is 3.45. The smallest absolute Gasteiger partial charge is 0.340 e. The van der Waals surface area contributed by atoms with Crippen LogP contribution in [0.2, 0.25) is 10.0 Å². The van der Waals surface area contributed by atoms with Crippen molar-refractivity contribution in [2.24, 2.45) is 0 Å². The van der Waals surface area contributed by atoms with Gasteiger partial charge in [0.1, 0.15) is 12.2 Å². The topological polar surface area (TPSA) is 56.5 Å². The third-order valence-corrected chi connectivity index (χ3v) is 4.06. The first-order valence-corrected chi connectivity index (χ1v) is 7.85. The number of hydrogen-bond acceptors (Lipinski definition) is 4. The van der Waals surface area contributed by atoms with Gasteiger partial charge in [-0.1, -0.05) is 35.3 Å². The Morgan fingerprint density at radius 2 is 1.92 bits per heavy atom. The SMILES string of the molecule is Cc1ccc2c(COC(=O)c3cc(Cl)ccc3Cl)cc(=O)oc2c1. The van der Waals surface area contributed by atoms with Crippen LogP contribution in [0.5, 0.6) is 0 Å². The molecule has 0 amide bonds. The van der Waals surface area contributed by atoms with Crippen molar-refractivity contribution in [1.29, 1.82) is 0 Å². The van der Waals surface area contributed by atoms with E-state index in [1.165, 1.54) is 18.2 Å². The minimum atomic E-state index is -0.615. The summed E-state index contributed by atoms with van der Waals surface area (Å²) in [5.41, 5.74) is 1.65. The number of fused-ring (bicyclic) bond motifs is 1. The van der Waals surface area contributed by atoms with Gasteiger partial charge in [0.2, 0.25) is 0 Å². The Hall–Kier alpha value is -2.30. The Kier molecular flexibility index (Phi) is 4.60. The Balaban J connectivity index is 1.89. The van der Waals surface area contributed by atoms with Gasteiger partial charge < -0.3 is 9.15 Å². The normalized spacial score (nSPS) is 10.8. The van der Waals surface area contributed by atoms with E-state index in [1.807, 2.05) is 19.1 Å². The Bertz CT molecular complexity index is 992. The molecule has 0 radical (unpaired) electrons. The lowest BCUT2D eigenvalue weighted by atomic mass is 10.1. The highest BCUT2D eigenvalue weighted by atomic mass is 35.5. The van der Waals surface area contributed by atoms with E-state index in [0.29, 0.717) is 21.6 Å². The van der Waals surface area contributed by atoms with Crippen molar-refractivity contribution in [2.75, 3.05) is 0 Å². The molecule has 0 bridgehead atoms. The molecule has 0 aliphatic carbocycles. The highest BCUT2D eigenvalue weighted by Gasteiger charge is 2.14. The number of esters is 1. The number of carbonyl (C=O) groups excluding carboxylic acids is 1. The lowest BCUT2D eigenvalue weighted by Gasteiger charge is -2.09. The molecule has 0 N–H and O–H groups in total. The fourth-order valence-electron chi connectivity index (χ4n) is 2.33. The van der Waals surface area contributed by atoms with Gasteiger partial charge in [-0.25, -0.2) is 9.59 Å². The molecule has 0 spiro atoms. The van der Waals surface area contributed by atoms with Crippen LogP contribution in [0, 0.1) is 6.92 Å². The maximum absolute atomic E-state index is 12.2. The first-order chi connectivity index (χ1) is 11.4. The molecule has 24 heavy (non-hydrogen) atoms. The van der Waals surface area contributed by atoms with E-state index in [-0.39, 0.29) is 17.2 Å². The first-order valence-electron chi connectivity index (χ1n) is 7.09. The predicted octanol–water partition coefficient (Wildman–Crippen LogP) is 4.77. The predicted molar refractivity (Wildman–Crippen MR) is 92.8 cm³/mol. The van der Waals surface area contributed by atoms with Crippen LogP contribution in [0.1, 0.15) is 21.5 Å². The van der Waals surface area contributed by atoms with E-state index < -0.39 is 11.6 Å². The largest absolute Gasteiger partial charge is 0.457 e. The van der Waals surface area contributed by atoms with Gasteiger partial charge in [-0.2, -0.15) is 0 Å². The molecule has 1 heterocycles. The summed E-state index contributed by atoms with van der Waals surface area (Å²) in [6.07, 6.45) is 0. The zero-order chi connectivity index (χ0) is 17.3. The first kappa shape index (κ1) is 16.6. The maximum Gasteiger partial charge on any atom is 0.340 e. The van der Waals surface area contributed by atoms with Crippen molar-refractivity contribution >= 4 is 40.1 Å². The van der Waals surface area contributed by atoms with Crippen LogP contribution >= 0.6 is 23.2 Å². The second-order valence-corrected chi connectivity index (χ2v) is 6.13.